The van der Waals surface area contributed by atoms with Gasteiger partial charge in [-0.25, -0.2) is 10.0 Å². The lowest BCUT2D eigenvalue weighted by molar-refractivity contribution is -0.143. The van der Waals surface area contributed by atoms with Gasteiger partial charge >= 0.3 is 23.9 Å². The minimum atomic E-state index is -1.10. The molecule has 30 heavy (non-hydrogen) atoms. The molecule has 0 aromatic heterocycles. The SMILES string of the molecule is O=C(O)CC1=CCCCN(CC(=O)O)NNN(CC(=O)O)CCC(CC(=O)O)CC1. The van der Waals surface area contributed by atoms with E-state index in [1.165, 1.54) is 10.0 Å². The van der Waals surface area contributed by atoms with Gasteiger partial charge in [-0.15, -0.1) is 0 Å². The summed E-state index contributed by atoms with van der Waals surface area (Å²) in [5.41, 5.74) is 6.09. The molecule has 0 aromatic rings. The van der Waals surface area contributed by atoms with Crippen molar-refractivity contribution >= 4 is 23.9 Å². The molecule has 1 heterocycles. The molecular formula is C18H30N4O8. The van der Waals surface area contributed by atoms with E-state index in [0.29, 0.717) is 44.2 Å². The highest BCUT2D eigenvalue weighted by atomic mass is 16.4. The maximum absolute atomic E-state index is 11.2. The smallest absolute Gasteiger partial charge is 0.319 e. The van der Waals surface area contributed by atoms with Crippen LogP contribution in [0.3, 0.4) is 0 Å². The standard InChI is InChI=1S/C18H30N4O8/c23-15(24)9-13-3-1-2-7-21(11-17(27)28)19-20-22(12-18(29)30)8-6-14(5-4-13)10-16(25)26/h3,14,19-20H,1-2,4-12H2,(H,23,24)(H,25,26)(H,27,28)(H,29,30). The van der Waals surface area contributed by atoms with Crippen LogP contribution < -0.4 is 11.1 Å². The van der Waals surface area contributed by atoms with Crippen molar-refractivity contribution in [2.24, 2.45) is 5.92 Å². The molecule has 0 bridgehead atoms. The number of carboxylic acid groups (broad SMARTS) is 4. The first kappa shape index (κ1) is 25.5. The van der Waals surface area contributed by atoms with Crippen molar-refractivity contribution in [3.05, 3.63) is 11.6 Å². The van der Waals surface area contributed by atoms with Crippen molar-refractivity contribution in [3.63, 3.8) is 0 Å². The largest absolute Gasteiger partial charge is 0.481 e. The third-order valence-corrected chi connectivity index (χ3v) is 4.61. The molecule has 1 rings (SSSR count). The third-order valence-electron chi connectivity index (χ3n) is 4.61. The molecule has 1 aliphatic rings. The first-order chi connectivity index (χ1) is 14.2. The van der Waals surface area contributed by atoms with Gasteiger partial charge in [0.15, 0.2) is 0 Å². The Morgan fingerprint density at radius 3 is 2.00 bits per heavy atom. The molecule has 170 valence electrons. The fourth-order valence-corrected chi connectivity index (χ4v) is 3.19. The Hall–Kier alpha value is -2.54. The first-order valence-electron chi connectivity index (χ1n) is 9.72. The predicted molar refractivity (Wildman–Crippen MR) is 104 cm³/mol. The van der Waals surface area contributed by atoms with Gasteiger partial charge in [-0.3, -0.25) is 19.2 Å². The number of nitrogens with zero attached hydrogens (tertiary/aromatic N) is 2. The van der Waals surface area contributed by atoms with Crippen LogP contribution in [0.25, 0.3) is 0 Å². The Labute approximate surface area is 174 Å². The van der Waals surface area contributed by atoms with E-state index in [-0.39, 0.29) is 38.4 Å². The van der Waals surface area contributed by atoms with Crippen LogP contribution in [0, 0.1) is 5.92 Å². The quantitative estimate of drug-likeness (QED) is 0.287. The molecule has 12 nitrogen and oxygen atoms in total. The predicted octanol–water partition coefficient (Wildman–Crippen LogP) is 0.140. The fraction of sp³-hybridized carbons (Fsp3) is 0.667. The normalized spacial score (nSPS) is 20.7. The summed E-state index contributed by atoms with van der Waals surface area (Å²) in [7, 11) is 0. The summed E-state index contributed by atoms with van der Waals surface area (Å²) in [6.07, 6.45) is 3.93. The number of carbonyl (C=O) groups is 4. The number of hydrazine groups is 3. The van der Waals surface area contributed by atoms with E-state index in [4.69, 9.17) is 15.3 Å². The molecule has 12 heteroatoms. The molecule has 0 spiro atoms. The van der Waals surface area contributed by atoms with Crippen molar-refractivity contribution in [2.45, 2.75) is 44.9 Å². The van der Waals surface area contributed by atoms with Crippen molar-refractivity contribution in [1.29, 1.82) is 0 Å². The van der Waals surface area contributed by atoms with E-state index in [1.54, 1.807) is 0 Å². The minimum Gasteiger partial charge on any atom is -0.481 e. The number of allylic oxidation sites excluding steroid dienone is 1. The molecule has 0 saturated heterocycles. The lowest BCUT2D eigenvalue weighted by atomic mass is 9.92. The molecule has 0 fully saturated rings. The Morgan fingerprint density at radius 1 is 0.867 bits per heavy atom. The monoisotopic (exact) mass is 430 g/mol. The van der Waals surface area contributed by atoms with Crippen LogP contribution in [0.4, 0.5) is 0 Å². The van der Waals surface area contributed by atoms with Gasteiger partial charge in [-0.1, -0.05) is 11.6 Å². The molecule has 1 unspecified atom stereocenters. The van der Waals surface area contributed by atoms with Crippen LogP contribution >= 0.6 is 0 Å². The minimum absolute atomic E-state index is 0.111. The van der Waals surface area contributed by atoms with E-state index in [1.807, 2.05) is 6.08 Å². The average molecular weight is 430 g/mol. The van der Waals surface area contributed by atoms with Crippen molar-refractivity contribution in [3.8, 4) is 0 Å². The third kappa shape index (κ3) is 12.1. The van der Waals surface area contributed by atoms with Gasteiger partial charge in [0.1, 0.15) is 13.1 Å². The van der Waals surface area contributed by atoms with Gasteiger partial charge in [0.2, 0.25) is 0 Å². The van der Waals surface area contributed by atoms with Gasteiger partial charge in [0, 0.05) is 19.5 Å². The van der Waals surface area contributed by atoms with Gasteiger partial charge in [0.05, 0.1) is 6.42 Å². The highest BCUT2D eigenvalue weighted by Gasteiger charge is 2.19. The summed E-state index contributed by atoms with van der Waals surface area (Å²) >= 11 is 0. The number of hydrogen-bond donors (Lipinski definition) is 6. The summed E-state index contributed by atoms with van der Waals surface area (Å²) in [5, 5.41) is 39.2. The average Bonchev–Trinajstić information content (AvgIpc) is 2.61. The highest BCUT2D eigenvalue weighted by molar-refractivity contribution is 5.70. The van der Waals surface area contributed by atoms with E-state index >= 15 is 0 Å². The van der Waals surface area contributed by atoms with Crippen LogP contribution in [0.2, 0.25) is 0 Å². The molecule has 1 atom stereocenters. The van der Waals surface area contributed by atoms with Gasteiger partial charge in [0.25, 0.3) is 0 Å². The lowest BCUT2D eigenvalue weighted by Gasteiger charge is -2.29. The van der Waals surface area contributed by atoms with Crippen LogP contribution in [-0.4, -0.2) is 80.5 Å². The topological polar surface area (TPSA) is 180 Å². The zero-order chi connectivity index (χ0) is 22.5. The number of nitrogens with one attached hydrogen (secondary N) is 2. The second kappa shape index (κ2) is 13.6. The molecule has 0 aliphatic carbocycles. The summed E-state index contributed by atoms with van der Waals surface area (Å²) in [6.45, 7) is -0.173. The number of carboxylic acids is 4. The van der Waals surface area contributed by atoms with Crippen molar-refractivity contribution in [2.75, 3.05) is 26.2 Å². The maximum Gasteiger partial charge on any atom is 0.319 e. The molecule has 0 amide bonds. The first-order valence-corrected chi connectivity index (χ1v) is 9.72. The van der Waals surface area contributed by atoms with Gasteiger partial charge in [-0.05, 0) is 38.0 Å². The molecule has 1 aliphatic heterocycles. The number of aliphatic carboxylic acids is 4. The molecule has 0 aromatic carbocycles. The molecule has 0 saturated carbocycles. The van der Waals surface area contributed by atoms with Crippen LogP contribution in [0.15, 0.2) is 11.6 Å². The zero-order valence-corrected chi connectivity index (χ0v) is 16.7. The van der Waals surface area contributed by atoms with Crippen molar-refractivity contribution < 1.29 is 39.6 Å². The second-order valence-electron chi connectivity index (χ2n) is 7.22. The lowest BCUT2D eigenvalue weighted by Crippen LogP contribution is -2.57. The number of rotatable bonds is 8. The molecule has 0 radical (unpaired) electrons. The molecular weight excluding hydrogens is 400 g/mol. The Bertz CT molecular complexity index is 640. The zero-order valence-electron chi connectivity index (χ0n) is 16.7. The Kier molecular flexibility index (Phi) is 11.6. The van der Waals surface area contributed by atoms with Crippen LogP contribution in [0.1, 0.15) is 44.9 Å². The van der Waals surface area contributed by atoms with Crippen LogP contribution in [0.5, 0.6) is 0 Å². The highest BCUT2D eigenvalue weighted by Crippen LogP contribution is 2.22. The summed E-state index contributed by atoms with van der Waals surface area (Å²) < 4.78 is 0. The fourth-order valence-electron chi connectivity index (χ4n) is 3.19. The van der Waals surface area contributed by atoms with E-state index in [0.717, 1.165) is 0 Å². The van der Waals surface area contributed by atoms with Crippen LogP contribution in [-0.2, 0) is 19.2 Å². The van der Waals surface area contributed by atoms with Crippen molar-refractivity contribution in [1.82, 2.24) is 21.1 Å². The van der Waals surface area contributed by atoms with E-state index in [9.17, 15) is 24.3 Å². The summed E-state index contributed by atoms with van der Waals surface area (Å²) in [5.74, 6) is -4.39. The maximum atomic E-state index is 11.2. The Balaban J connectivity index is 2.98. The Morgan fingerprint density at radius 2 is 1.47 bits per heavy atom. The number of hydrogen-bond acceptors (Lipinski definition) is 8. The second-order valence-corrected chi connectivity index (χ2v) is 7.22. The van der Waals surface area contributed by atoms with E-state index in [2.05, 4.69) is 11.1 Å². The molecule has 6 N–H and O–H groups in total. The summed E-state index contributed by atoms with van der Waals surface area (Å²) in [4.78, 5) is 44.5. The van der Waals surface area contributed by atoms with Gasteiger partial charge < -0.3 is 20.4 Å². The summed E-state index contributed by atoms with van der Waals surface area (Å²) in [6, 6.07) is 0. The van der Waals surface area contributed by atoms with Gasteiger partial charge in [-0.2, -0.15) is 11.1 Å². The van der Waals surface area contributed by atoms with E-state index < -0.39 is 23.9 Å².